The first-order valence-corrected chi connectivity index (χ1v) is 8.42. The summed E-state index contributed by atoms with van der Waals surface area (Å²) in [6, 6.07) is 18.4. The van der Waals surface area contributed by atoms with Crippen LogP contribution < -0.4 is 5.32 Å². The Hall–Kier alpha value is -2.09. The van der Waals surface area contributed by atoms with Gasteiger partial charge in [0.2, 0.25) is 5.91 Å². The molecule has 0 aliphatic heterocycles. The molecule has 2 rings (SSSR count). The number of rotatable bonds is 6. The van der Waals surface area contributed by atoms with Crippen LogP contribution in [-0.4, -0.2) is 5.91 Å². The zero-order valence-corrected chi connectivity index (χ0v) is 14.5. The molecule has 122 valence electrons. The summed E-state index contributed by atoms with van der Waals surface area (Å²) in [6.45, 7) is 8.54. The van der Waals surface area contributed by atoms with Crippen LogP contribution in [0.2, 0.25) is 0 Å². The number of carbonyl (C=O) groups is 1. The third kappa shape index (κ3) is 4.95. The molecule has 0 saturated carbocycles. The average Bonchev–Trinajstić information content (AvgIpc) is 2.53. The summed E-state index contributed by atoms with van der Waals surface area (Å²) in [5.74, 6) is 0.824. The van der Waals surface area contributed by atoms with Crippen molar-refractivity contribution in [1.29, 1.82) is 0 Å². The predicted octanol–water partition coefficient (Wildman–Crippen LogP) is 5.26. The summed E-state index contributed by atoms with van der Waals surface area (Å²) in [4.78, 5) is 12.7. The molecule has 0 spiro atoms. The van der Waals surface area contributed by atoms with Gasteiger partial charge in [0.05, 0.1) is 0 Å². The van der Waals surface area contributed by atoms with Gasteiger partial charge in [0.25, 0.3) is 0 Å². The van der Waals surface area contributed by atoms with E-state index in [4.69, 9.17) is 0 Å². The number of hydrogen-bond donors (Lipinski definition) is 1. The first-order chi connectivity index (χ1) is 11.0. The van der Waals surface area contributed by atoms with Crippen molar-refractivity contribution < 1.29 is 4.79 Å². The van der Waals surface area contributed by atoms with E-state index in [0.717, 1.165) is 12.1 Å². The lowest BCUT2D eigenvalue weighted by Gasteiger charge is -2.21. The summed E-state index contributed by atoms with van der Waals surface area (Å²) in [5.41, 5.74) is 3.34. The SMILES string of the molecule is CC(C)c1cccc(NC(=O)C(Cc2ccccc2)C(C)C)c1. The molecule has 0 saturated heterocycles. The van der Waals surface area contributed by atoms with Gasteiger partial charge in [0.15, 0.2) is 0 Å². The van der Waals surface area contributed by atoms with Crippen molar-refractivity contribution in [1.82, 2.24) is 0 Å². The van der Waals surface area contributed by atoms with E-state index in [1.807, 2.05) is 30.3 Å². The van der Waals surface area contributed by atoms with Crippen molar-refractivity contribution >= 4 is 11.6 Å². The summed E-state index contributed by atoms with van der Waals surface area (Å²) >= 11 is 0. The highest BCUT2D eigenvalue weighted by molar-refractivity contribution is 5.93. The molecule has 0 bridgehead atoms. The van der Waals surface area contributed by atoms with Gasteiger partial charge in [-0.2, -0.15) is 0 Å². The summed E-state index contributed by atoms with van der Waals surface area (Å²) in [6.07, 6.45) is 0.772. The lowest BCUT2D eigenvalue weighted by atomic mass is 9.88. The highest BCUT2D eigenvalue weighted by Crippen LogP contribution is 2.22. The van der Waals surface area contributed by atoms with Gasteiger partial charge in [-0.25, -0.2) is 0 Å². The molecule has 0 aliphatic carbocycles. The molecule has 2 aromatic carbocycles. The van der Waals surface area contributed by atoms with Crippen molar-refractivity contribution in [3.63, 3.8) is 0 Å². The second kappa shape index (κ2) is 7.96. The van der Waals surface area contributed by atoms with Gasteiger partial charge >= 0.3 is 0 Å². The largest absolute Gasteiger partial charge is 0.326 e. The number of anilines is 1. The van der Waals surface area contributed by atoms with E-state index in [1.165, 1.54) is 11.1 Å². The lowest BCUT2D eigenvalue weighted by Crippen LogP contribution is -2.28. The van der Waals surface area contributed by atoms with E-state index in [2.05, 4.69) is 57.3 Å². The lowest BCUT2D eigenvalue weighted by molar-refractivity contribution is -0.121. The zero-order valence-electron chi connectivity index (χ0n) is 14.5. The van der Waals surface area contributed by atoms with Gasteiger partial charge in [-0.3, -0.25) is 4.79 Å². The molecule has 1 atom stereocenters. The van der Waals surface area contributed by atoms with E-state index in [0.29, 0.717) is 11.8 Å². The number of nitrogens with one attached hydrogen (secondary N) is 1. The Morgan fingerprint density at radius 3 is 2.26 bits per heavy atom. The van der Waals surface area contributed by atoms with Crippen LogP contribution in [0.1, 0.15) is 44.7 Å². The van der Waals surface area contributed by atoms with Crippen molar-refractivity contribution in [3.8, 4) is 0 Å². The van der Waals surface area contributed by atoms with E-state index in [1.54, 1.807) is 0 Å². The smallest absolute Gasteiger partial charge is 0.228 e. The molecule has 23 heavy (non-hydrogen) atoms. The molecule has 2 nitrogen and oxygen atoms in total. The summed E-state index contributed by atoms with van der Waals surface area (Å²) in [7, 11) is 0. The van der Waals surface area contributed by atoms with Crippen LogP contribution >= 0.6 is 0 Å². The average molecular weight is 309 g/mol. The zero-order chi connectivity index (χ0) is 16.8. The Morgan fingerprint density at radius 1 is 0.957 bits per heavy atom. The standard InChI is InChI=1S/C21H27NO/c1-15(2)18-11-8-12-19(14-18)22-21(23)20(16(3)4)13-17-9-6-5-7-10-17/h5-12,14-16,20H,13H2,1-4H3,(H,22,23). The van der Waals surface area contributed by atoms with Crippen molar-refractivity contribution in [2.24, 2.45) is 11.8 Å². The Balaban J connectivity index is 2.11. The molecular formula is C21H27NO. The third-order valence-corrected chi connectivity index (χ3v) is 4.26. The van der Waals surface area contributed by atoms with Crippen LogP contribution in [0.3, 0.4) is 0 Å². The molecule has 0 heterocycles. The van der Waals surface area contributed by atoms with Crippen molar-refractivity contribution in [3.05, 3.63) is 65.7 Å². The second-order valence-corrected chi connectivity index (χ2v) is 6.81. The minimum Gasteiger partial charge on any atom is -0.326 e. The molecule has 1 amide bonds. The van der Waals surface area contributed by atoms with Crippen molar-refractivity contribution in [2.45, 2.75) is 40.0 Å². The molecule has 1 N–H and O–H groups in total. The van der Waals surface area contributed by atoms with Gasteiger partial charge in [-0.15, -0.1) is 0 Å². The molecule has 0 fully saturated rings. The van der Waals surface area contributed by atoms with E-state index in [9.17, 15) is 4.79 Å². The second-order valence-electron chi connectivity index (χ2n) is 6.81. The molecule has 2 aromatic rings. The van der Waals surface area contributed by atoms with Crippen LogP contribution in [0.5, 0.6) is 0 Å². The van der Waals surface area contributed by atoms with E-state index >= 15 is 0 Å². The number of amides is 1. The highest BCUT2D eigenvalue weighted by atomic mass is 16.1. The van der Waals surface area contributed by atoms with Crippen LogP contribution in [0, 0.1) is 11.8 Å². The maximum absolute atomic E-state index is 12.7. The monoisotopic (exact) mass is 309 g/mol. The number of benzene rings is 2. The third-order valence-electron chi connectivity index (χ3n) is 4.26. The van der Waals surface area contributed by atoms with Crippen LogP contribution in [0.4, 0.5) is 5.69 Å². The van der Waals surface area contributed by atoms with Crippen LogP contribution in [0.25, 0.3) is 0 Å². The van der Waals surface area contributed by atoms with Gasteiger partial charge < -0.3 is 5.32 Å². The van der Waals surface area contributed by atoms with Gasteiger partial charge in [-0.1, -0.05) is 70.2 Å². The van der Waals surface area contributed by atoms with Crippen LogP contribution in [0.15, 0.2) is 54.6 Å². The van der Waals surface area contributed by atoms with Gasteiger partial charge in [0, 0.05) is 11.6 Å². The first kappa shape index (κ1) is 17.3. The normalized spacial score (nSPS) is 12.4. The van der Waals surface area contributed by atoms with E-state index < -0.39 is 0 Å². The Morgan fingerprint density at radius 2 is 1.65 bits per heavy atom. The first-order valence-electron chi connectivity index (χ1n) is 8.42. The number of carbonyl (C=O) groups excluding carboxylic acids is 1. The number of hydrogen-bond acceptors (Lipinski definition) is 1. The molecule has 0 radical (unpaired) electrons. The van der Waals surface area contributed by atoms with E-state index in [-0.39, 0.29) is 11.8 Å². The summed E-state index contributed by atoms with van der Waals surface area (Å²) in [5, 5.41) is 3.10. The minimum absolute atomic E-state index is 0.0277. The summed E-state index contributed by atoms with van der Waals surface area (Å²) < 4.78 is 0. The van der Waals surface area contributed by atoms with Crippen molar-refractivity contribution in [2.75, 3.05) is 5.32 Å². The van der Waals surface area contributed by atoms with Crippen LogP contribution in [-0.2, 0) is 11.2 Å². The predicted molar refractivity (Wildman–Crippen MR) is 97.6 cm³/mol. The fourth-order valence-electron chi connectivity index (χ4n) is 2.71. The molecule has 2 heteroatoms. The Labute approximate surface area is 139 Å². The Bertz CT molecular complexity index is 631. The molecule has 0 aromatic heterocycles. The maximum atomic E-state index is 12.7. The molecular weight excluding hydrogens is 282 g/mol. The highest BCUT2D eigenvalue weighted by Gasteiger charge is 2.22. The maximum Gasteiger partial charge on any atom is 0.228 e. The van der Waals surface area contributed by atoms with Gasteiger partial charge in [-0.05, 0) is 41.5 Å². The quantitative estimate of drug-likeness (QED) is 0.774. The molecule has 0 aliphatic rings. The minimum atomic E-state index is -0.0277. The Kier molecular flexibility index (Phi) is 5.97. The molecule has 1 unspecified atom stereocenters. The fraction of sp³-hybridized carbons (Fsp3) is 0.381. The fourth-order valence-corrected chi connectivity index (χ4v) is 2.71. The topological polar surface area (TPSA) is 29.1 Å². The van der Waals surface area contributed by atoms with Gasteiger partial charge in [0.1, 0.15) is 0 Å².